The summed E-state index contributed by atoms with van der Waals surface area (Å²) in [5.74, 6) is -0.572. The molecule has 3 rings (SSSR count). The lowest BCUT2D eigenvalue weighted by Crippen LogP contribution is -2.43. The number of rotatable bonds is 8. The molecule has 2 aliphatic rings. The summed E-state index contributed by atoms with van der Waals surface area (Å²) < 4.78 is 6.50. The molecule has 1 aromatic rings. The van der Waals surface area contributed by atoms with Crippen molar-refractivity contribution in [3.63, 3.8) is 0 Å². The number of carbonyl (C=O) groups excluding carboxylic acids is 3. The minimum Gasteiger partial charge on any atom is -0.444 e. The molecule has 3 unspecified atom stereocenters. The summed E-state index contributed by atoms with van der Waals surface area (Å²) in [7, 11) is 0. The quantitative estimate of drug-likeness (QED) is 0.545. The SMILES string of the molecule is CC(C)(C)OC(=O)Nc1cccn(C(CC2CC2)C(=O)NC(C#N)CC2CCNC2=O)c1=O. The van der Waals surface area contributed by atoms with Crippen molar-refractivity contribution in [2.75, 3.05) is 11.9 Å². The fraction of sp³-hybridized carbons (Fsp3) is 0.609. The van der Waals surface area contributed by atoms with Crippen molar-refractivity contribution >= 4 is 23.6 Å². The zero-order valence-electron chi connectivity index (χ0n) is 19.2. The Bertz CT molecular complexity index is 1000. The molecule has 0 spiro atoms. The third-order valence-electron chi connectivity index (χ3n) is 5.66. The summed E-state index contributed by atoms with van der Waals surface area (Å²) in [6.45, 7) is 5.71. The summed E-state index contributed by atoms with van der Waals surface area (Å²) in [6.07, 6.45) is 3.97. The van der Waals surface area contributed by atoms with Crippen LogP contribution < -0.4 is 21.5 Å². The van der Waals surface area contributed by atoms with E-state index in [2.05, 4.69) is 22.0 Å². The minimum absolute atomic E-state index is 0.000179. The summed E-state index contributed by atoms with van der Waals surface area (Å²) in [4.78, 5) is 50.2. The van der Waals surface area contributed by atoms with E-state index in [0.29, 0.717) is 25.3 Å². The average Bonchev–Trinajstić information content (AvgIpc) is 3.46. The topological polar surface area (TPSA) is 142 Å². The highest BCUT2D eigenvalue weighted by molar-refractivity contribution is 5.85. The predicted octanol–water partition coefficient (Wildman–Crippen LogP) is 2.07. The first-order chi connectivity index (χ1) is 15.6. The largest absolute Gasteiger partial charge is 0.444 e. The standard InChI is InChI=1S/C23H31N5O5/c1-23(2,3)33-22(32)27-17-5-4-10-28(21(17)31)18(11-14-6-7-14)20(30)26-16(13-24)12-15-8-9-25-19(15)29/h4-5,10,14-16,18H,6-9,11-12H2,1-3H3,(H,25,29)(H,26,30)(H,27,32). The van der Waals surface area contributed by atoms with Crippen LogP contribution in [0, 0.1) is 23.2 Å². The lowest BCUT2D eigenvalue weighted by atomic mass is 9.98. The monoisotopic (exact) mass is 457 g/mol. The van der Waals surface area contributed by atoms with Crippen LogP contribution in [0.15, 0.2) is 23.1 Å². The number of nitrogens with zero attached hydrogens (tertiary/aromatic N) is 2. The Morgan fingerprint density at radius 2 is 2.00 bits per heavy atom. The van der Waals surface area contributed by atoms with Crippen LogP contribution in [0.2, 0.25) is 0 Å². The molecule has 3 N–H and O–H groups in total. The van der Waals surface area contributed by atoms with Crippen molar-refractivity contribution in [2.24, 2.45) is 11.8 Å². The molecule has 1 saturated carbocycles. The molecule has 1 aliphatic heterocycles. The van der Waals surface area contributed by atoms with Crippen molar-refractivity contribution < 1.29 is 19.1 Å². The number of nitriles is 1. The molecular weight excluding hydrogens is 426 g/mol. The van der Waals surface area contributed by atoms with E-state index in [4.69, 9.17) is 4.74 Å². The van der Waals surface area contributed by atoms with Crippen molar-refractivity contribution in [1.29, 1.82) is 5.26 Å². The molecule has 0 aromatic carbocycles. The molecule has 33 heavy (non-hydrogen) atoms. The average molecular weight is 458 g/mol. The Balaban J connectivity index is 1.77. The first-order valence-electron chi connectivity index (χ1n) is 11.3. The Hall–Kier alpha value is -3.35. The van der Waals surface area contributed by atoms with Crippen LogP contribution in [0.4, 0.5) is 10.5 Å². The second-order valence-electron chi connectivity index (χ2n) is 9.66. The molecule has 178 valence electrons. The van der Waals surface area contributed by atoms with E-state index in [1.807, 2.05) is 0 Å². The van der Waals surface area contributed by atoms with Crippen LogP contribution >= 0.6 is 0 Å². The van der Waals surface area contributed by atoms with Gasteiger partial charge in [-0.2, -0.15) is 5.26 Å². The predicted molar refractivity (Wildman–Crippen MR) is 120 cm³/mol. The van der Waals surface area contributed by atoms with E-state index < -0.39 is 35.2 Å². The van der Waals surface area contributed by atoms with Crippen LogP contribution in [0.25, 0.3) is 0 Å². The number of ether oxygens (including phenoxy) is 1. The molecule has 1 aromatic heterocycles. The van der Waals surface area contributed by atoms with Gasteiger partial charge in [0.1, 0.15) is 23.4 Å². The summed E-state index contributed by atoms with van der Waals surface area (Å²) in [5, 5.41) is 17.4. The zero-order valence-corrected chi connectivity index (χ0v) is 19.2. The molecular formula is C23H31N5O5. The smallest absolute Gasteiger partial charge is 0.412 e. The number of pyridine rings is 1. The van der Waals surface area contributed by atoms with Gasteiger partial charge in [-0.05, 0) is 58.1 Å². The Labute approximate surface area is 192 Å². The number of hydrogen-bond acceptors (Lipinski definition) is 6. The van der Waals surface area contributed by atoms with Gasteiger partial charge in [0, 0.05) is 18.7 Å². The Morgan fingerprint density at radius 3 is 2.58 bits per heavy atom. The van der Waals surface area contributed by atoms with E-state index in [-0.39, 0.29) is 23.9 Å². The maximum Gasteiger partial charge on any atom is 0.412 e. The normalized spacial score (nSPS) is 19.7. The number of aromatic nitrogens is 1. The zero-order chi connectivity index (χ0) is 24.2. The lowest BCUT2D eigenvalue weighted by Gasteiger charge is -2.23. The van der Waals surface area contributed by atoms with E-state index in [1.165, 1.54) is 16.8 Å². The maximum atomic E-state index is 13.2. The second kappa shape index (κ2) is 10.1. The molecule has 2 fully saturated rings. The first-order valence-corrected chi connectivity index (χ1v) is 11.3. The maximum absolute atomic E-state index is 13.2. The molecule has 1 aliphatic carbocycles. The fourth-order valence-corrected chi connectivity index (χ4v) is 3.85. The van der Waals surface area contributed by atoms with Gasteiger partial charge in [-0.25, -0.2) is 4.79 Å². The van der Waals surface area contributed by atoms with Crippen LogP contribution in [0.3, 0.4) is 0 Å². The molecule has 2 heterocycles. The van der Waals surface area contributed by atoms with Gasteiger partial charge < -0.3 is 19.9 Å². The summed E-state index contributed by atoms with van der Waals surface area (Å²) in [6, 6.07) is 3.41. The van der Waals surface area contributed by atoms with Crippen LogP contribution in [0.1, 0.15) is 58.9 Å². The van der Waals surface area contributed by atoms with E-state index >= 15 is 0 Å². The first kappa shape index (κ1) is 24.3. The third kappa shape index (κ3) is 6.81. The van der Waals surface area contributed by atoms with Gasteiger partial charge in [0.2, 0.25) is 11.8 Å². The van der Waals surface area contributed by atoms with Crippen LogP contribution in [0.5, 0.6) is 0 Å². The minimum atomic E-state index is -0.841. The Kier molecular flexibility index (Phi) is 7.41. The highest BCUT2D eigenvalue weighted by Gasteiger charge is 2.34. The number of nitrogens with one attached hydrogen (secondary N) is 3. The van der Waals surface area contributed by atoms with Crippen molar-refractivity contribution in [1.82, 2.24) is 15.2 Å². The van der Waals surface area contributed by atoms with Gasteiger partial charge >= 0.3 is 6.09 Å². The molecule has 3 atom stereocenters. The highest BCUT2D eigenvalue weighted by atomic mass is 16.6. The van der Waals surface area contributed by atoms with E-state index in [1.54, 1.807) is 26.8 Å². The van der Waals surface area contributed by atoms with E-state index in [9.17, 15) is 24.4 Å². The highest BCUT2D eigenvalue weighted by Crippen LogP contribution is 2.36. The van der Waals surface area contributed by atoms with Crippen molar-refractivity contribution in [3.05, 3.63) is 28.7 Å². The summed E-state index contributed by atoms with van der Waals surface area (Å²) >= 11 is 0. The van der Waals surface area contributed by atoms with Crippen LogP contribution in [-0.2, 0) is 14.3 Å². The second-order valence-corrected chi connectivity index (χ2v) is 9.66. The Morgan fingerprint density at radius 1 is 1.27 bits per heavy atom. The number of hydrogen-bond donors (Lipinski definition) is 3. The molecule has 10 heteroatoms. The molecule has 0 bridgehead atoms. The molecule has 10 nitrogen and oxygen atoms in total. The lowest BCUT2D eigenvalue weighted by molar-refractivity contribution is -0.126. The molecule has 1 saturated heterocycles. The van der Waals surface area contributed by atoms with Gasteiger partial charge in [-0.15, -0.1) is 0 Å². The third-order valence-corrected chi connectivity index (χ3v) is 5.66. The molecule has 3 amide bonds. The van der Waals surface area contributed by atoms with Gasteiger partial charge in [0.15, 0.2) is 0 Å². The van der Waals surface area contributed by atoms with Crippen molar-refractivity contribution in [2.45, 2.75) is 70.6 Å². The van der Waals surface area contributed by atoms with E-state index in [0.717, 1.165) is 12.8 Å². The van der Waals surface area contributed by atoms with Crippen molar-refractivity contribution in [3.8, 4) is 6.07 Å². The number of amides is 3. The summed E-state index contributed by atoms with van der Waals surface area (Å²) in [5.41, 5.74) is -1.26. The molecule has 0 radical (unpaired) electrons. The number of anilines is 1. The van der Waals surface area contributed by atoms with Crippen LogP contribution in [-0.4, -0.2) is 40.7 Å². The van der Waals surface area contributed by atoms with Gasteiger partial charge in [0.25, 0.3) is 5.56 Å². The van der Waals surface area contributed by atoms with Gasteiger partial charge in [-0.1, -0.05) is 12.8 Å². The fourth-order valence-electron chi connectivity index (χ4n) is 3.85. The number of carbonyl (C=O) groups is 3. The van der Waals surface area contributed by atoms with Gasteiger partial charge in [-0.3, -0.25) is 19.7 Å². The van der Waals surface area contributed by atoms with Gasteiger partial charge in [0.05, 0.1) is 6.07 Å².